The summed E-state index contributed by atoms with van der Waals surface area (Å²) in [6, 6.07) is 4.68. The fourth-order valence-electron chi connectivity index (χ4n) is 1.60. The molecule has 0 saturated heterocycles. The Bertz CT molecular complexity index is 426. The molecule has 1 aromatic rings. The third-order valence-corrected chi connectivity index (χ3v) is 3.96. The molecule has 1 aromatic carbocycles. The number of hydrogen-bond donors (Lipinski definition) is 3. The van der Waals surface area contributed by atoms with E-state index >= 15 is 0 Å². The fourth-order valence-corrected chi connectivity index (χ4v) is 2.68. The molecular formula is C13H18Cl2N2O2S. The highest BCUT2D eigenvalue weighted by atomic mass is 35.5. The van der Waals surface area contributed by atoms with Gasteiger partial charge in [0.05, 0.1) is 6.10 Å². The molecule has 7 heteroatoms. The van der Waals surface area contributed by atoms with Crippen LogP contribution in [0.2, 0.25) is 10.0 Å². The summed E-state index contributed by atoms with van der Waals surface area (Å²) in [5, 5.41) is 16.1. The van der Waals surface area contributed by atoms with E-state index in [1.165, 1.54) is 0 Å². The molecule has 4 nitrogen and oxygen atoms in total. The van der Waals surface area contributed by atoms with Crippen LogP contribution in [0.5, 0.6) is 0 Å². The molecule has 1 atom stereocenters. The van der Waals surface area contributed by atoms with Crippen LogP contribution in [0.1, 0.15) is 18.1 Å². The number of carbonyl (C=O) groups is 1. The molecule has 0 radical (unpaired) electrons. The molecule has 3 N–H and O–H groups in total. The van der Waals surface area contributed by atoms with Crippen molar-refractivity contribution >= 4 is 41.0 Å². The van der Waals surface area contributed by atoms with Gasteiger partial charge < -0.3 is 15.7 Å². The van der Waals surface area contributed by atoms with E-state index in [1.807, 2.05) is 6.26 Å². The number of halogens is 2. The van der Waals surface area contributed by atoms with E-state index in [9.17, 15) is 9.90 Å². The van der Waals surface area contributed by atoms with Gasteiger partial charge in [0.25, 0.3) is 0 Å². The van der Waals surface area contributed by atoms with Gasteiger partial charge in [-0.2, -0.15) is 11.8 Å². The van der Waals surface area contributed by atoms with E-state index in [0.717, 1.165) is 12.2 Å². The fraction of sp³-hybridized carbons (Fsp3) is 0.462. The van der Waals surface area contributed by atoms with E-state index in [0.29, 0.717) is 22.2 Å². The van der Waals surface area contributed by atoms with Crippen LogP contribution in [0.4, 0.5) is 4.79 Å². The SMILES string of the molecule is CSCCCNC(=O)NCC(O)c1c(Cl)cccc1Cl. The van der Waals surface area contributed by atoms with Crippen molar-refractivity contribution in [2.75, 3.05) is 25.1 Å². The van der Waals surface area contributed by atoms with E-state index in [1.54, 1.807) is 30.0 Å². The van der Waals surface area contributed by atoms with Crippen molar-refractivity contribution in [1.82, 2.24) is 10.6 Å². The average molecular weight is 337 g/mol. The lowest BCUT2D eigenvalue weighted by Crippen LogP contribution is -2.38. The molecule has 1 unspecified atom stereocenters. The lowest BCUT2D eigenvalue weighted by Gasteiger charge is -2.15. The molecule has 20 heavy (non-hydrogen) atoms. The molecule has 0 bridgehead atoms. The zero-order valence-electron chi connectivity index (χ0n) is 11.2. The second-order valence-corrected chi connectivity index (χ2v) is 5.93. The molecular weight excluding hydrogens is 319 g/mol. The summed E-state index contributed by atoms with van der Waals surface area (Å²) in [4.78, 5) is 11.5. The molecule has 0 fully saturated rings. The number of nitrogens with one attached hydrogen (secondary N) is 2. The van der Waals surface area contributed by atoms with Gasteiger partial charge in [0, 0.05) is 28.7 Å². The predicted molar refractivity (Wildman–Crippen MR) is 85.8 cm³/mol. The van der Waals surface area contributed by atoms with Crippen molar-refractivity contribution < 1.29 is 9.90 Å². The molecule has 112 valence electrons. The first kappa shape index (κ1) is 17.4. The number of benzene rings is 1. The highest BCUT2D eigenvalue weighted by Crippen LogP contribution is 2.29. The van der Waals surface area contributed by atoms with Gasteiger partial charge in [0.15, 0.2) is 0 Å². The van der Waals surface area contributed by atoms with Crippen LogP contribution in [0.3, 0.4) is 0 Å². The van der Waals surface area contributed by atoms with Gasteiger partial charge in [0.1, 0.15) is 0 Å². The first-order valence-electron chi connectivity index (χ1n) is 6.19. The van der Waals surface area contributed by atoms with E-state index < -0.39 is 6.10 Å². The second-order valence-electron chi connectivity index (χ2n) is 4.13. The van der Waals surface area contributed by atoms with Crippen molar-refractivity contribution in [3.05, 3.63) is 33.8 Å². The van der Waals surface area contributed by atoms with Gasteiger partial charge in [-0.3, -0.25) is 0 Å². The minimum absolute atomic E-state index is 0.0534. The van der Waals surface area contributed by atoms with Crippen LogP contribution >= 0.6 is 35.0 Å². The van der Waals surface area contributed by atoms with Gasteiger partial charge in [-0.05, 0) is 30.6 Å². The summed E-state index contributed by atoms with van der Waals surface area (Å²) in [5.74, 6) is 0.998. The van der Waals surface area contributed by atoms with Crippen molar-refractivity contribution in [2.45, 2.75) is 12.5 Å². The maximum absolute atomic E-state index is 11.5. The van der Waals surface area contributed by atoms with Gasteiger partial charge in [-0.25, -0.2) is 4.79 Å². The van der Waals surface area contributed by atoms with E-state index in [-0.39, 0.29) is 12.6 Å². The molecule has 0 aliphatic carbocycles. The Balaban J connectivity index is 2.39. The Labute approximate surface area is 133 Å². The Hall–Kier alpha value is -0.620. The molecule has 0 spiro atoms. The van der Waals surface area contributed by atoms with Crippen LogP contribution in [-0.4, -0.2) is 36.2 Å². The molecule has 0 aromatic heterocycles. The zero-order valence-corrected chi connectivity index (χ0v) is 13.5. The van der Waals surface area contributed by atoms with E-state index in [4.69, 9.17) is 23.2 Å². The first-order chi connectivity index (χ1) is 9.56. The number of aliphatic hydroxyl groups is 1. The number of carbonyl (C=O) groups excluding carboxylic acids is 1. The first-order valence-corrected chi connectivity index (χ1v) is 8.34. The van der Waals surface area contributed by atoms with Gasteiger partial charge >= 0.3 is 6.03 Å². The number of thioether (sulfide) groups is 1. The number of rotatable bonds is 7. The molecule has 1 rings (SSSR count). The third-order valence-electron chi connectivity index (χ3n) is 2.60. The number of amides is 2. The number of aliphatic hydroxyl groups excluding tert-OH is 1. The number of hydrogen-bond acceptors (Lipinski definition) is 3. The maximum Gasteiger partial charge on any atom is 0.314 e. The minimum Gasteiger partial charge on any atom is -0.386 e. The molecule has 2 amide bonds. The summed E-state index contributed by atoms with van der Waals surface area (Å²) >= 11 is 13.7. The summed E-state index contributed by atoms with van der Waals surface area (Å²) in [7, 11) is 0. The standard InChI is InChI=1S/C13H18Cl2N2O2S/c1-20-7-3-6-16-13(19)17-8-11(18)12-9(14)4-2-5-10(12)15/h2,4-5,11,18H,3,6-8H2,1H3,(H2,16,17,19). The molecule has 0 aliphatic rings. The van der Waals surface area contributed by atoms with E-state index in [2.05, 4.69) is 10.6 Å². The Morgan fingerprint density at radius 1 is 1.35 bits per heavy atom. The quantitative estimate of drug-likeness (QED) is 0.670. The Morgan fingerprint density at radius 3 is 2.60 bits per heavy atom. The summed E-state index contributed by atoms with van der Waals surface area (Å²) < 4.78 is 0. The average Bonchev–Trinajstić information content (AvgIpc) is 2.41. The molecule has 0 saturated carbocycles. The Morgan fingerprint density at radius 2 is 2.00 bits per heavy atom. The van der Waals surface area contributed by atoms with Crippen LogP contribution in [0, 0.1) is 0 Å². The summed E-state index contributed by atoms with van der Waals surface area (Å²) in [5.41, 5.74) is 0.429. The van der Waals surface area contributed by atoms with Gasteiger partial charge in [-0.15, -0.1) is 0 Å². The molecule has 0 aliphatic heterocycles. The smallest absolute Gasteiger partial charge is 0.314 e. The lowest BCUT2D eigenvalue weighted by atomic mass is 10.1. The summed E-state index contributed by atoms with van der Waals surface area (Å²) in [6.07, 6.45) is 1.99. The van der Waals surface area contributed by atoms with Gasteiger partial charge in [0.2, 0.25) is 0 Å². The topological polar surface area (TPSA) is 61.4 Å². The summed E-state index contributed by atoms with van der Waals surface area (Å²) in [6.45, 7) is 0.660. The highest BCUT2D eigenvalue weighted by molar-refractivity contribution is 7.98. The second kappa shape index (κ2) is 9.34. The van der Waals surface area contributed by atoms with Crippen molar-refractivity contribution in [1.29, 1.82) is 0 Å². The monoisotopic (exact) mass is 336 g/mol. The highest BCUT2D eigenvalue weighted by Gasteiger charge is 2.16. The van der Waals surface area contributed by atoms with Crippen molar-refractivity contribution in [3.8, 4) is 0 Å². The van der Waals surface area contributed by atoms with Crippen LogP contribution in [0.15, 0.2) is 18.2 Å². The molecule has 0 heterocycles. The Kier molecular flexibility index (Phi) is 8.14. The minimum atomic E-state index is -0.937. The lowest BCUT2D eigenvalue weighted by molar-refractivity contribution is 0.173. The largest absolute Gasteiger partial charge is 0.386 e. The predicted octanol–water partition coefficient (Wildman–Crippen LogP) is 3.08. The van der Waals surface area contributed by atoms with Crippen molar-refractivity contribution in [2.24, 2.45) is 0 Å². The maximum atomic E-state index is 11.5. The van der Waals surface area contributed by atoms with Crippen LogP contribution in [0.25, 0.3) is 0 Å². The van der Waals surface area contributed by atoms with Crippen LogP contribution < -0.4 is 10.6 Å². The third kappa shape index (κ3) is 5.79. The van der Waals surface area contributed by atoms with Crippen molar-refractivity contribution in [3.63, 3.8) is 0 Å². The normalized spacial score (nSPS) is 12.0. The van der Waals surface area contributed by atoms with Gasteiger partial charge in [-0.1, -0.05) is 29.3 Å². The zero-order chi connectivity index (χ0) is 15.0. The number of urea groups is 1. The van der Waals surface area contributed by atoms with Crippen LogP contribution in [-0.2, 0) is 0 Å².